The van der Waals surface area contributed by atoms with E-state index in [4.69, 9.17) is 4.52 Å². The summed E-state index contributed by atoms with van der Waals surface area (Å²) in [6, 6.07) is 7.89. The lowest BCUT2D eigenvalue weighted by molar-refractivity contribution is -0.140. The Kier molecular flexibility index (Phi) is 5.52. The SMILES string of the molecule is Cc1noc(C)c1C(=O)N1CCCN1C(=O)CN(C)S(=O)(=O)c1ccccc1. The smallest absolute Gasteiger partial charge is 0.277 e. The van der Waals surface area contributed by atoms with Gasteiger partial charge in [0.1, 0.15) is 11.3 Å². The van der Waals surface area contributed by atoms with Crippen molar-refractivity contribution in [2.75, 3.05) is 26.7 Å². The highest BCUT2D eigenvalue weighted by Gasteiger charge is 2.35. The molecule has 3 rings (SSSR count). The number of carbonyl (C=O) groups is 2. The van der Waals surface area contributed by atoms with Gasteiger partial charge in [-0.15, -0.1) is 0 Å². The van der Waals surface area contributed by atoms with Gasteiger partial charge in [-0.2, -0.15) is 4.31 Å². The van der Waals surface area contributed by atoms with Crippen molar-refractivity contribution in [3.05, 3.63) is 47.3 Å². The van der Waals surface area contributed by atoms with Crippen LogP contribution in [0.4, 0.5) is 0 Å². The summed E-state index contributed by atoms with van der Waals surface area (Å²) in [5.41, 5.74) is 0.774. The molecule has 2 amide bonds. The van der Waals surface area contributed by atoms with E-state index < -0.39 is 15.9 Å². The van der Waals surface area contributed by atoms with E-state index in [0.717, 1.165) is 4.31 Å². The number of rotatable bonds is 5. The molecule has 9 nitrogen and oxygen atoms in total. The number of aromatic nitrogens is 1. The van der Waals surface area contributed by atoms with E-state index in [9.17, 15) is 18.0 Å². The number of aryl methyl sites for hydroxylation is 2. The molecule has 0 bridgehead atoms. The molecule has 10 heteroatoms. The zero-order valence-electron chi connectivity index (χ0n) is 16.0. The first-order valence-corrected chi connectivity index (χ1v) is 10.2. The van der Waals surface area contributed by atoms with Crippen LogP contribution in [0.25, 0.3) is 0 Å². The van der Waals surface area contributed by atoms with Crippen molar-refractivity contribution >= 4 is 21.8 Å². The van der Waals surface area contributed by atoms with E-state index in [1.54, 1.807) is 32.0 Å². The Balaban J connectivity index is 1.76. The fourth-order valence-electron chi connectivity index (χ4n) is 3.13. The minimum absolute atomic E-state index is 0.107. The van der Waals surface area contributed by atoms with Crippen LogP contribution in [0.2, 0.25) is 0 Å². The number of benzene rings is 1. The van der Waals surface area contributed by atoms with E-state index in [2.05, 4.69) is 5.16 Å². The Morgan fingerprint density at radius 1 is 1.14 bits per heavy atom. The average molecular weight is 406 g/mol. The maximum Gasteiger partial charge on any atom is 0.277 e. The Morgan fingerprint density at radius 2 is 1.79 bits per heavy atom. The molecule has 0 atom stereocenters. The fourth-order valence-corrected chi connectivity index (χ4v) is 4.27. The Bertz CT molecular complexity index is 967. The molecule has 1 aromatic carbocycles. The largest absolute Gasteiger partial charge is 0.361 e. The number of nitrogens with zero attached hydrogens (tertiary/aromatic N) is 4. The lowest BCUT2D eigenvalue weighted by atomic mass is 10.2. The van der Waals surface area contributed by atoms with Crippen LogP contribution in [0.1, 0.15) is 28.2 Å². The molecule has 1 aromatic heterocycles. The van der Waals surface area contributed by atoms with E-state index in [1.807, 2.05) is 0 Å². The second-order valence-electron chi connectivity index (χ2n) is 6.57. The molecule has 28 heavy (non-hydrogen) atoms. The van der Waals surface area contributed by atoms with Crippen molar-refractivity contribution in [3.63, 3.8) is 0 Å². The van der Waals surface area contributed by atoms with Gasteiger partial charge < -0.3 is 4.52 Å². The van der Waals surface area contributed by atoms with Crippen LogP contribution in [0.5, 0.6) is 0 Å². The van der Waals surface area contributed by atoms with Crippen molar-refractivity contribution in [2.24, 2.45) is 0 Å². The van der Waals surface area contributed by atoms with Crippen LogP contribution in [-0.4, -0.2) is 66.4 Å². The van der Waals surface area contributed by atoms with E-state index in [-0.39, 0.29) is 17.3 Å². The quantitative estimate of drug-likeness (QED) is 0.739. The van der Waals surface area contributed by atoms with E-state index in [1.165, 1.54) is 29.2 Å². The van der Waals surface area contributed by atoms with Crippen molar-refractivity contribution < 1.29 is 22.5 Å². The summed E-state index contributed by atoms with van der Waals surface area (Å²) in [6.07, 6.45) is 0.607. The minimum atomic E-state index is -3.80. The lowest BCUT2D eigenvalue weighted by Gasteiger charge is -2.29. The zero-order chi connectivity index (χ0) is 20.5. The molecule has 1 saturated heterocycles. The van der Waals surface area contributed by atoms with Crippen molar-refractivity contribution in [1.82, 2.24) is 19.5 Å². The third kappa shape index (κ3) is 3.65. The summed E-state index contributed by atoms with van der Waals surface area (Å²) in [4.78, 5) is 25.8. The number of amides is 2. The van der Waals surface area contributed by atoms with Crippen LogP contribution in [0.3, 0.4) is 0 Å². The van der Waals surface area contributed by atoms with Crippen LogP contribution >= 0.6 is 0 Å². The normalized spacial score (nSPS) is 14.7. The van der Waals surface area contributed by atoms with Gasteiger partial charge in [0.25, 0.3) is 11.8 Å². The van der Waals surface area contributed by atoms with Gasteiger partial charge >= 0.3 is 0 Å². The van der Waals surface area contributed by atoms with E-state index >= 15 is 0 Å². The van der Waals surface area contributed by atoms with Gasteiger partial charge in [0.2, 0.25) is 10.0 Å². The lowest BCUT2D eigenvalue weighted by Crippen LogP contribution is -2.49. The predicted octanol–water partition coefficient (Wildman–Crippen LogP) is 1.20. The molecule has 0 spiro atoms. The highest BCUT2D eigenvalue weighted by Crippen LogP contribution is 2.21. The Morgan fingerprint density at radius 3 is 2.39 bits per heavy atom. The average Bonchev–Trinajstić information content (AvgIpc) is 3.29. The number of hydrogen-bond donors (Lipinski definition) is 0. The first-order chi connectivity index (χ1) is 13.2. The molecule has 0 saturated carbocycles. The van der Waals surface area contributed by atoms with Crippen LogP contribution < -0.4 is 0 Å². The monoisotopic (exact) mass is 406 g/mol. The molecular formula is C18H22N4O5S. The van der Waals surface area contributed by atoms with E-state index in [0.29, 0.717) is 36.5 Å². The summed E-state index contributed by atoms with van der Waals surface area (Å²) >= 11 is 0. The minimum Gasteiger partial charge on any atom is -0.361 e. The standard InChI is InChI=1S/C18H22N4O5S/c1-13-17(14(2)27-19-13)18(24)22-11-7-10-21(22)16(23)12-20(3)28(25,26)15-8-5-4-6-9-15/h4-6,8-9H,7,10-12H2,1-3H3. The maximum absolute atomic E-state index is 12.9. The molecule has 2 heterocycles. The number of hydrazine groups is 1. The van der Waals surface area contributed by atoms with Gasteiger partial charge in [0.15, 0.2) is 0 Å². The molecule has 1 aliphatic rings. The number of sulfonamides is 1. The molecule has 0 radical (unpaired) electrons. The van der Waals surface area contributed by atoms with Crippen molar-refractivity contribution in [2.45, 2.75) is 25.2 Å². The van der Waals surface area contributed by atoms with Crippen LogP contribution in [-0.2, 0) is 14.8 Å². The summed E-state index contributed by atoms with van der Waals surface area (Å²) in [6.45, 7) is 3.63. The summed E-state index contributed by atoms with van der Waals surface area (Å²) in [5.74, 6) is -0.471. The second kappa shape index (κ2) is 7.72. The molecule has 0 unspecified atom stereocenters. The van der Waals surface area contributed by atoms with Gasteiger partial charge in [-0.3, -0.25) is 14.6 Å². The molecule has 1 fully saturated rings. The number of hydrogen-bond acceptors (Lipinski definition) is 6. The summed E-state index contributed by atoms with van der Waals surface area (Å²) in [7, 11) is -2.46. The predicted molar refractivity (Wildman–Crippen MR) is 99.6 cm³/mol. The van der Waals surface area contributed by atoms with Gasteiger partial charge in [0, 0.05) is 20.1 Å². The number of likely N-dealkylation sites (N-methyl/N-ethyl adjacent to an activating group) is 1. The Hall–Kier alpha value is -2.72. The molecular weight excluding hydrogens is 384 g/mol. The highest BCUT2D eigenvalue weighted by molar-refractivity contribution is 7.89. The molecule has 0 N–H and O–H groups in total. The van der Waals surface area contributed by atoms with Gasteiger partial charge in [0.05, 0.1) is 17.1 Å². The summed E-state index contributed by atoms with van der Waals surface area (Å²) in [5, 5.41) is 6.41. The third-order valence-corrected chi connectivity index (χ3v) is 6.43. The topological polar surface area (TPSA) is 104 Å². The van der Waals surface area contributed by atoms with Crippen molar-refractivity contribution in [3.8, 4) is 0 Å². The summed E-state index contributed by atoms with van der Waals surface area (Å²) < 4.78 is 31.3. The zero-order valence-corrected chi connectivity index (χ0v) is 16.8. The highest BCUT2D eigenvalue weighted by atomic mass is 32.2. The molecule has 150 valence electrons. The molecule has 2 aromatic rings. The molecule has 0 aliphatic carbocycles. The Labute approximate surface area is 163 Å². The first kappa shape index (κ1) is 20.0. The van der Waals surface area contributed by atoms with Gasteiger partial charge in [-0.25, -0.2) is 13.4 Å². The maximum atomic E-state index is 12.9. The number of carbonyl (C=O) groups excluding carboxylic acids is 2. The second-order valence-corrected chi connectivity index (χ2v) is 8.62. The van der Waals surface area contributed by atoms with Crippen LogP contribution in [0, 0.1) is 13.8 Å². The van der Waals surface area contributed by atoms with Crippen molar-refractivity contribution in [1.29, 1.82) is 0 Å². The third-order valence-electron chi connectivity index (χ3n) is 4.61. The van der Waals surface area contributed by atoms with Gasteiger partial charge in [-0.05, 0) is 32.4 Å². The fraction of sp³-hybridized carbons (Fsp3) is 0.389. The van der Waals surface area contributed by atoms with Gasteiger partial charge in [-0.1, -0.05) is 23.4 Å². The first-order valence-electron chi connectivity index (χ1n) is 8.80. The molecule has 1 aliphatic heterocycles. The van der Waals surface area contributed by atoms with Crippen LogP contribution in [0.15, 0.2) is 39.8 Å².